The number of methoxy groups -OCH3 is 1. The second-order valence-electron chi connectivity index (χ2n) is 5.54. The number of nitrogens with zero attached hydrogens (tertiary/aromatic N) is 2. The molecular formula is C16H30N4O3. The van der Waals surface area contributed by atoms with Crippen LogP contribution in [0.4, 0.5) is 0 Å². The van der Waals surface area contributed by atoms with E-state index in [9.17, 15) is 0 Å². The molecule has 2 N–H and O–H groups in total. The Bertz CT molecular complexity index is 446. The smallest absolute Gasteiger partial charge is 0.191 e. The number of nitrogens with one attached hydrogen (secondary N) is 2. The molecule has 0 amide bonds. The van der Waals surface area contributed by atoms with Crippen molar-refractivity contribution in [3.63, 3.8) is 0 Å². The molecule has 1 aromatic heterocycles. The summed E-state index contributed by atoms with van der Waals surface area (Å²) in [5, 5.41) is 10.5. The van der Waals surface area contributed by atoms with Crippen LogP contribution in [0, 0.1) is 0 Å². The first-order valence-electron chi connectivity index (χ1n) is 8.14. The van der Waals surface area contributed by atoms with Crippen LogP contribution >= 0.6 is 0 Å². The molecule has 0 spiro atoms. The lowest BCUT2D eigenvalue weighted by molar-refractivity contribution is 0.0689. The molecule has 0 atom stereocenters. The molecule has 132 valence electrons. The molecule has 7 heteroatoms. The summed E-state index contributed by atoms with van der Waals surface area (Å²) in [5.74, 6) is 1.94. The monoisotopic (exact) mass is 326 g/mol. The van der Waals surface area contributed by atoms with Crippen molar-refractivity contribution in [1.29, 1.82) is 0 Å². The topological polar surface area (TPSA) is 80.9 Å². The van der Waals surface area contributed by atoms with E-state index >= 15 is 0 Å². The minimum atomic E-state index is 0.371. The molecule has 23 heavy (non-hydrogen) atoms. The number of hydrogen-bond donors (Lipinski definition) is 2. The van der Waals surface area contributed by atoms with Crippen molar-refractivity contribution in [2.75, 3.05) is 40.5 Å². The fraction of sp³-hybridized carbons (Fsp3) is 0.750. The van der Waals surface area contributed by atoms with Crippen LogP contribution in [0.3, 0.4) is 0 Å². The van der Waals surface area contributed by atoms with Gasteiger partial charge in [-0.05, 0) is 18.8 Å². The zero-order valence-electron chi connectivity index (χ0n) is 14.7. The molecular weight excluding hydrogens is 296 g/mol. The van der Waals surface area contributed by atoms with Gasteiger partial charge in [0, 0.05) is 33.4 Å². The average Bonchev–Trinajstić information content (AvgIpc) is 3.02. The van der Waals surface area contributed by atoms with Crippen LogP contribution in [0.5, 0.6) is 0 Å². The van der Waals surface area contributed by atoms with Crippen molar-refractivity contribution < 1.29 is 14.0 Å². The number of aliphatic imine (C=N–C) groups is 1. The van der Waals surface area contributed by atoms with E-state index in [1.54, 1.807) is 14.2 Å². The van der Waals surface area contributed by atoms with Gasteiger partial charge in [0.15, 0.2) is 11.7 Å². The highest BCUT2D eigenvalue weighted by molar-refractivity contribution is 5.79. The van der Waals surface area contributed by atoms with Crippen LogP contribution in [0.2, 0.25) is 0 Å². The number of rotatable bonds is 11. The fourth-order valence-corrected chi connectivity index (χ4v) is 1.86. The van der Waals surface area contributed by atoms with Gasteiger partial charge < -0.3 is 24.6 Å². The van der Waals surface area contributed by atoms with Crippen LogP contribution in [0.25, 0.3) is 0 Å². The average molecular weight is 326 g/mol. The maximum Gasteiger partial charge on any atom is 0.191 e. The van der Waals surface area contributed by atoms with Crippen LogP contribution in [-0.2, 0) is 16.0 Å². The van der Waals surface area contributed by atoms with Crippen molar-refractivity contribution >= 4 is 5.96 Å². The molecule has 0 unspecified atom stereocenters. The number of ether oxygens (including phenoxy) is 2. The Morgan fingerprint density at radius 3 is 2.74 bits per heavy atom. The van der Waals surface area contributed by atoms with Gasteiger partial charge in [-0.15, -0.1) is 0 Å². The Morgan fingerprint density at radius 1 is 1.26 bits per heavy atom. The second kappa shape index (κ2) is 11.9. The van der Waals surface area contributed by atoms with E-state index < -0.39 is 0 Å². The number of aromatic nitrogens is 1. The fourth-order valence-electron chi connectivity index (χ4n) is 1.86. The first-order valence-corrected chi connectivity index (χ1v) is 8.14. The predicted octanol–water partition coefficient (Wildman–Crippen LogP) is 1.91. The Labute approximate surface area is 138 Å². The van der Waals surface area contributed by atoms with Crippen LogP contribution in [0.15, 0.2) is 15.6 Å². The van der Waals surface area contributed by atoms with Crippen LogP contribution < -0.4 is 10.6 Å². The third-order valence-corrected chi connectivity index (χ3v) is 3.26. The molecule has 0 fully saturated rings. The first kappa shape index (κ1) is 19.4. The van der Waals surface area contributed by atoms with Gasteiger partial charge in [-0.2, -0.15) is 0 Å². The minimum absolute atomic E-state index is 0.371. The molecule has 1 rings (SSSR count). The van der Waals surface area contributed by atoms with Crippen LogP contribution in [0.1, 0.15) is 44.1 Å². The SMILES string of the molecule is CN=C(NCCCCOCCOC)NCc1cc(C(C)C)no1. The Morgan fingerprint density at radius 2 is 2.09 bits per heavy atom. The lowest BCUT2D eigenvalue weighted by atomic mass is 10.1. The van der Waals surface area contributed by atoms with E-state index in [1.165, 1.54) is 0 Å². The molecule has 0 saturated heterocycles. The van der Waals surface area contributed by atoms with E-state index in [2.05, 4.69) is 34.6 Å². The van der Waals surface area contributed by atoms with Crippen molar-refractivity contribution in [2.45, 2.75) is 39.2 Å². The van der Waals surface area contributed by atoms with Crippen LogP contribution in [-0.4, -0.2) is 51.6 Å². The lowest BCUT2D eigenvalue weighted by Gasteiger charge is -2.10. The summed E-state index contributed by atoms with van der Waals surface area (Å²) in [6.07, 6.45) is 2.03. The van der Waals surface area contributed by atoms with E-state index in [1.807, 2.05) is 6.07 Å². The van der Waals surface area contributed by atoms with Gasteiger partial charge >= 0.3 is 0 Å². The van der Waals surface area contributed by atoms with Gasteiger partial charge in [-0.3, -0.25) is 4.99 Å². The molecule has 1 aromatic rings. The molecule has 0 aliphatic heterocycles. The maximum atomic E-state index is 5.42. The summed E-state index contributed by atoms with van der Waals surface area (Å²) in [7, 11) is 3.43. The Kier molecular flexibility index (Phi) is 10.1. The molecule has 1 heterocycles. The van der Waals surface area contributed by atoms with Gasteiger partial charge in [0.2, 0.25) is 0 Å². The standard InChI is InChI=1S/C16H30N4O3/c1-13(2)15-11-14(23-20-15)12-19-16(17-3)18-7-5-6-8-22-10-9-21-4/h11,13H,5-10,12H2,1-4H3,(H2,17,18,19). The highest BCUT2D eigenvalue weighted by Crippen LogP contribution is 2.13. The van der Waals surface area contributed by atoms with Crippen molar-refractivity contribution in [2.24, 2.45) is 4.99 Å². The van der Waals surface area contributed by atoms with Gasteiger partial charge in [-0.25, -0.2) is 0 Å². The minimum Gasteiger partial charge on any atom is -0.382 e. The van der Waals surface area contributed by atoms with Crippen molar-refractivity contribution in [3.8, 4) is 0 Å². The third kappa shape index (κ3) is 8.56. The Hall–Kier alpha value is -1.60. The molecule has 0 bridgehead atoms. The van der Waals surface area contributed by atoms with Gasteiger partial charge in [0.05, 0.1) is 25.5 Å². The van der Waals surface area contributed by atoms with Crippen molar-refractivity contribution in [1.82, 2.24) is 15.8 Å². The lowest BCUT2D eigenvalue weighted by Crippen LogP contribution is -2.37. The molecule has 0 saturated carbocycles. The maximum absolute atomic E-state index is 5.42. The number of guanidine groups is 1. The summed E-state index contributed by atoms with van der Waals surface area (Å²) < 4.78 is 15.6. The second-order valence-corrected chi connectivity index (χ2v) is 5.54. The van der Waals surface area contributed by atoms with Crippen molar-refractivity contribution in [3.05, 3.63) is 17.5 Å². The largest absolute Gasteiger partial charge is 0.382 e. The van der Waals surface area contributed by atoms with E-state index in [4.69, 9.17) is 14.0 Å². The summed E-state index contributed by atoms with van der Waals surface area (Å²) in [6.45, 7) is 7.66. The summed E-state index contributed by atoms with van der Waals surface area (Å²) >= 11 is 0. The highest BCUT2D eigenvalue weighted by Gasteiger charge is 2.07. The number of unbranched alkanes of at least 4 members (excludes halogenated alkanes) is 1. The molecule has 0 aliphatic rings. The third-order valence-electron chi connectivity index (χ3n) is 3.26. The van der Waals surface area contributed by atoms with E-state index in [0.29, 0.717) is 25.7 Å². The van der Waals surface area contributed by atoms with E-state index in [0.717, 1.165) is 43.4 Å². The molecule has 0 aromatic carbocycles. The van der Waals surface area contributed by atoms with E-state index in [-0.39, 0.29) is 0 Å². The molecule has 7 nitrogen and oxygen atoms in total. The quantitative estimate of drug-likeness (QED) is 0.367. The Balaban J connectivity index is 2.12. The van der Waals surface area contributed by atoms with Gasteiger partial charge in [0.1, 0.15) is 0 Å². The normalized spacial score (nSPS) is 12.0. The molecule has 0 aliphatic carbocycles. The van der Waals surface area contributed by atoms with Gasteiger partial charge in [0.25, 0.3) is 0 Å². The zero-order chi connectivity index (χ0) is 16.9. The highest BCUT2D eigenvalue weighted by atomic mass is 16.5. The summed E-state index contributed by atoms with van der Waals surface area (Å²) in [5.41, 5.74) is 0.971. The first-order chi connectivity index (χ1) is 11.2. The zero-order valence-corrected chi connectivity index (χ0v) is 14.7. The summed E-state index contributed by atoms with van der Waals surface area (Å²) in [6, 6.07) is 1.97. The van der Waals surface area contributed by atoms with Gasteiger partial charge in [-0.1, -0.05) is 19.0 Å². The number of hydrogen-bond acceptors (Lipinski definition) is 5. The summed E-state index contributed by atoms with van der Waals surface area (Å²) in [4.78, 5) is 4.19. The predicted molar refractivity (Wildman–Crippen MR) is 90.7 cm³/mol. The molecule has 0 radical (unpaired) electrons.